The molecular weight excluding hydrogens is 543 g/mol. The van der Waals surface area contributed by atoms with Crippen molar-refractivity contribution in [1.82, 2.24) is 5.32 Å². The van der Waals surface area contributed by atoms with Crippen LogP contribution in [0.1, 0.15) is 45.6 Å². The molecular formula is C32H39FN2O5S. The van der Waals surface area contributed by atoms with Gasteiger partial charge in [-0.25, -0.2) is 12.8 Å². The molecule has 0 aliphatic carbocycles. The van der Waals surface area contributed by atoms with Crippen LogP contribution in [0.5, 0.6) is 11.5 Å². The van der Waals surface area contributed by atoms with Gasteiger partial charge in [0.1, 0.15) is 17.3 Å². The first-order chi connectivity index (χ1) is 19.6. The topological polar surface area (TPSA) is 84.9 Å². The van der Waals surface area contributed by atoms with E-state index in [2.05, 4.69) is 12.2 Å². The van der Waals surface area contributed by atoms with E-state index in [0.717, 1.165) is 29.5 Å². The number of sulfone groups is 1. The van der Waals surface area contributed by atoms with E-state index in [1.165, 1.54) is 18.4 Å². The maximum absolute atomic E-state index is 13.6. The highest BCUT2D eigenvalue weighted by molar-refractivity contribution is 7.90. The number of halogens is 1. The van der Waals surface area contributed by atoms with E-state index in [-0.39, 0.29) is 22.0 Å². The number of carbonyl (C=O) groups excluding carboxylic acids is 1. The van der Waals surface area contributed by atoms with E-state index in [9.17, 15) is 17.6 Å². The van der Waals surface area contributed by atoms with Crippen molar-refractivity contribution in [2.45, 2.75) is 51.5 Å². The van der Waals surface area contributed by atoms with Gasteiger partial charge in [-0.05, 0) is 92.2 Å². The molecule has 1 heterocycles. The smallest absolute Gasteiger partial charge is 0.227 e. The molecule has 41 heavy (non-hydrogen) atoms. The van der Waals surface area contributed by atoms with Crippen LogP contribution < -0.4 is 19.7 Å². The summed E-state index contributed by atoms with van der Waals surface area (Å²) in [6, 6.07) is 16.9. The fourth-order valence-corrected chi connectivity index (χ4v) is 6.03. The summed E-state index contributed by atoms with van der Waals surface area (Å²) in [5.41, 5.74) is 3.03. The largest absolute Gasteiger partial charge is 0.493 e. The van der Waals surface area contributed by atoms with Crippen molar-refractivity contribution in [2.75, 3.05) is 37.5 Å². The van der Waals surface area contributed by atoms with Gasteiger partial charge in [0.25, 0.3) is 0 Å². The molecule has 1 aliphatic rings. The zero-order chi connectivity index (χ0) is 29.6. The van der Waals surface area contributed by atoms with Crippen molar-refractivity contribution < 1.29 is 27.1 Å². The van der Waals surface area contributed by atoms with E-state index in [4.69, 9.17) is 9.47 Å². The Labute approximate surface area is 242 Å². The van der Waals surface area contributed by atoms with Gasteiger partial charge in [-0.2, -0.15) is 0 Å². The van der Waals surface area contributed by atoms with Crippen molar-refractivity contribution in [3.8, 4) is 22.6 Å². The standard InChI is InChI=1S/C32H39FN2O5S/c1-5-32(20-30(36)35(22-32)26-9-8-10-27(19-26)41(4,37)38)15-16-34-21-23-17-28(39-6-2)31(29(18-23)40-7-3)24-11-13-25(33)14-12-24/h8-14,17-19,34H,5-7,15-16,20-22H2,1-4H3. The van der Waals surface area contributed by atoms with Crippen LogP contribution in [0.25, 0.3) is 11.1 Å². The molecule has 1 unspecified atom stereocenters. The van der Waals surface area contributed by atoms with Gasteiger partial charge < -0.3 is 19.7 Å². The highest BCUT2D eigenvalue weighted by Crippen LogP contribution is 2.41. The Morgan fingerprint density at radius 1 is 0.976 bits per heavy atom. The average Bonchev–Trinajstić information content (AvgIpc) is 3.28. The van der Waals surface area contributed by atoms with Crippen molar-refractivity contribution in [1.29, 1.82) is 0 Å². The fraction of sp³-hybridized carbons (Fsp3) is 0.406. The Balaban J connectivity index is 1.46. The van der Waals surface area contributed by atoms with E-state index >= 15 is 0 Å². The van der Waals surface area contributed by atoms with Crippen LogP contribution in [-0.2, 0) is 21.2 Å². The number of anilines is 1. The summed E-state index contributed by atoms with van der Waals surface area (Å²) in [7, 11) is -3.37. The molecule has 220 valence electrons. The molecule has 1 amide bonds. The van der Waals surface area contributed by atoms with Crippen LogP contribution in [0, 0.1) is 11.2 Å². The summed E-state index contributed by atoms with van der Waals surface area (Å²) in [5, 5.41) is 3.52. The van der Waals surface area contributed by atoms with Crippen LogP contribution in [0.15, 0.2) is 65.6 Å². The van der Waals surface area contributed by atoms with Crippen LogP contribution in [-0.4, -0.2) is 46.9 Å². The Bertz CT molecular complexity index is 1450. The Kier molecular flexibility index (Phi) is 9.71. The van der Waals surface area contributed by atoms with Gasteiger partial charge in [0.15, 0.2) is 9.84 Å². The maximum Gasteiger partial charge on any atom is 0.227 e. The number of ether oxygens (including phenoxy) is 2. The zero-order valence-corrected chi connectivity index (χ0v) is 25.0. The quantitative estimate of drug-likeness (QED) is 0.249. The lowest BCUT2D eigenvalue weighted by Crippen LogP contribution is -2.31. The number of amides is 1. The SMILES string of the molecule is CCOc1cc(CNCCC2(CC)CC(=O)N(c3cccc(S(C)(=O)=O)c3)C2)cc(OCC)c1-c1ccc(F)cc1. The zero-order valence-electron chi connectivity index (χ0n) is 24.2. The number of hydrogen-bond donors (Lipinski definition) is 1. The predicted octanol–water partition coefficient (Wildman–Crippen LogP) is 6.01. The van der Waals surface area contributed by atoms with Crippen LogP contribution in [0.2, 0.25) is 0 Å². The van der Waals surface area contributed by atoms with Crippen LogP contribution in [0.4, 0.5) is 10.1 Å². The first-order valence-electron chi connectivity index (χ1n) is 14.1. The number of nitrogens with one attached hydrogen (secondary N) is 1. The number of nitrogens with zero attached hydrogens (tertiary/aromatic N) is 1. The maximum atomic E-state index is 13.6. The highest BCUT2D eigenvalue weighted by Gasteiger charge is 2.42. The van der Waals surface area contributed by atoms with Crippen LogP contribution >= 0.6 is 0 Å². The lowest BCUT2D eigenvalue weighted by atomic mass is 9.81. The van der Waals surface area contributed by atoms with Crippen molar-refractivity contribution in [3.05, 3.63) is 72.0 Å². The molecule has 1 saturated heterocycles. The minimum atomic E-state index is -3.37. The van der Waals surface area contributed by atoms with Gasteiger partial charge in [-0.15, -0.1) is 0 Å². The molecule has 0 bridgehead atoms. The van der Waals surface area contributed by atoms with Crippen LogP contribution in [0.3, 0.4) is 0 Å². The van der Waals surface area contributed by atoms with Crippen molar-refractivity contribution in [2.24, 2.45) is 5.41 Å². The molecule has 3 aromatic carbocycles. The lowest BCUT2D eigenvalue weighted by Gasteiger charge is -2.28. The van der Waals surface area contributed by atoms with Gasteiger partial charge in [0.05, 0.1) is 23.7 Å². The third-order valence-electron chi connectivity index (χ3n) is 7.65. The van der Waals surface area contributed by atoms with E-state index < -0.39 is 9.84 Å². The average molecular weight is 583 g/mol. The molecule has 0 saturated carbocycles. The predicted molar refractivity (Wildman–Crippen MR) is 160 cm³/mol. The normalized spacial score (nSPS) is 17.2. The summed E-state index contributed by atoms with van der Waals surface area (Å²) < 4.78 is 49.6. The third-order valence-corrected chi connectivity index (χ3v) is 8.76. The lowest BCUT2D eigenvalue weighted by molar-refractivity contribution is -0.117. The molecule has 1 aliphatic heterocycles. The minimum Gasteiger partial charge on any atom is -0.493 e. The second-order valence-corrected chi connectivity index (χ2v) is 12.6. The molecule has 1 fully saturated rings. The molecule has 1 N–H and O–H groups in total. The summed E-state index contributed by atoms with van der Waals surface area (Å²) in [5.74, 6) is 1.07. The highest BCUT2D eigenvalue weighted by atomic mass is 32.2. The third kappa shape index (κ3) is 7.26. The molecule has 3 aromatic rings. The van der Waals surface area contributed by atoms with E-state index in [1.807, 2.05) is 26.0 Å². The number of rotatable bonds is 13. The molecule has 0 radical (unpaired) electrons. The van der Waals surface area contributed by atoms with Gasteiger partial charge in [0, 0.05) is 31.5 Å². The molecule has 4 rings (SSSR count). The number of benzene rings is 3. The summed E-state index contributed by atoms with van der Waals surface area (Å²) in [6.07, 6.45) is 3.22. The summed E-state index contributed by atoms with van der Waals surface area (Å²) in [4.78, 5) is 15.0. The van der Waals surface area contributed by atoms with E-state index in [1.54, 1.807) is 41.3 Å². The van der Waals surface area contributed by atoms with Crippen molar-refractivity contribution in [3.63, 3.8) is 0 Å². The Morgan fingerprint density at radius 2 is 1.63 bits per heavy atom. The van der Waals surface area contributed by atoms with Gasteiger partial charge in [0.2, 0.25) is 5.91 Å². The van der Waals surface area contributed by atoms with Gasteiger partial charge in [-0.3, -0.25) is 4.79 Å². The fourth-order valence-electron chi connectivity index (χ4n) is 5.37. The first kappa shape index (κ1) is 30.5. The summed E-state index contributed by atoms with van der Waals surface area (Å²) in [6.45, 7) is 8.73. The first-order valence-corrected chi connectivity index (χ1v) is 16.0. The number of carbonyl (C=O) groups is 1. The van der Waals surface area contributed by atoms with Gasteiger partial charge >= 0.3 is 0 Å². The van der Waals surface area contributed by atoms with E-state index in [0.29, 0.717) is 56.5 Å². The molecule has 7 nitrogen and oxygen atoms in total. The Morgan fingerprint density at radius 3 is 2.22 bits per heavy atom. The minimum absolute atomic E-state index is 0.0107. The second kappa shape index (κ2) is 13.0. The molecule has 0 spiro atoms. The molecule has 0 aromatic heterocycles. The monoisotopic (exact) mass is 582 g/mol. The second-order valence-electron chi connectivity index (χ2n) is 10.5. The number of hydrogen-bond acceptors (Lipinski definition) is 6. The Hall–Kier alpha value is -3.43. The van der Waals surface area contributed by atoms with Gasteiger partial charge in [-0.1, -0.05) is 25.1 Å². The molecule has 1 atom stereocenters. The van der Waals surface area contributed by atoms with Crippen molar-refractivity contribution >= 4 is 21.4 Å². The summed E-state index contributed by atoms with van der Waals surface area (Å²) >= 11 is 0. The molecule has 9 heteroatoms.